The lowest BCUT2D eigenvalue weighted by atomic mass is 10.0. The molecule has 1 amide bonds. The van der Waals surface area contributed by atoms with Gasteiger partial charge < -0.3 is 19.9 Å². The summed E-state index contributed by atoms with van der Waals surface area (Å²) in [5, 5.41) is 16.6. The van der Waals surface area contributed by atoms with Crippen molar-refractivity contribution in [1.29, 1.82) is 5.26 Å². The maximum absolute atomic E-state index is 12.6. The zero-order valence-electron chi connectivity index (χ0n) is 20.1. The Morgan fingerprint density at radius 2 is 2.08 bits per heavy atom. The molecule has 0 saturated carbocycles. The molecule has 1 saturated heterocycles. The maximum Gasteiger partial charge on any atom is 0.251 e. The third-order valence-electron chi connectivity index (χ3n) is 6.79. The Kier molecular flexibility index (Phi) is 7.34. The fourth-order valence-electron chi connectivity index (χ4n) is 4.82. The van der Waals surface area contributed by atoms with E-state index < -0.39 is 0 Å². The number of amides is 1. The van der Waals surface area contributed by atoms with Gasteiger partial charge in [-0.15, -0.1) is 11.8 Å². The molecule has 2 atom stereocenters. The molecule has 0 spiro atoms. The van der Waals surface area contributed by atoms with Gasteiger partial charge in [0.1, 0.15) is 5.82 Å². The van der Waals surface area contributed by atoms with Crippen molar-refractivity contribution in [2.75, 3.05) is 37.8 Å². The number of thioether (sulfide) groups is 1. The summed E-state index contributed by atoms with van der Waals surface area (Å²) >= 11 is 1.51. The van der Waals surface area contributed by atoms with Crippen molar-refractivity contribution in [3.05, 3.63) is 64.1 Å². The average molecular weight is 505 g/mol. The number of benzene rings is 1. The van der Waals surface area contributed by atoms with Gasteiger partial charge in [-0.05, 0) is 48.7 Å². The average Bonchev–Trinajstić information content (AvgIpc) is 2.90. The van der Waals surface area contributed by atoms with Crippen molar-refractivity contribution in [2.24, 2.45) is 0 Å². The normalized spacial score (nSPS) is 20.1. The Morgan fingerprint density at radius 3 is 2.92 bits per heavy atom. The molecule has 4 heterocycles. The summed E-state index contributed by atoms with van der Waals surface area (Å²) in [6.45, 7) is 3.48. The van der Waals surface area contributed by atoms with E-state index in [-0.39, 0.29) is 23.6 Å². The molecule has 1 fully saturated rings. The molecule has 0 aliphatic carbocycles. The standard InChI is InChI=1S/C26H28N6O3S/c1-35-22-15-31(10-11-32-21-12-17(13-27)2-3-18(21)4-7-25(32)34)9-8-20(22)28-14-19-5-6-23-26(29-19)30-24(33)16-36-23/h2-7,12,20,22,28H,8-11,14-16H2,1H3,(H,29,30,33)/t20-,22+/m0/s1. The molecule has 0 unspecified atom stereocenters. The highest BCUT2D eigenvalue weighted by Gasteiger charge is 2.29. The Hall–Kier alpha value is -3.23. The molecular weight excluding hydrogens is 476 g/mol. The minimum absolute atomic E-state index is 0.000988. The van der Waals surface area contributed by atoms with E-state index in [2.05, 4.69) is 26.6 Å². The van der Waals surface area contributed by atoms with E-state index in [1.54, 1.807) is 35.9 Å². The molecule has 0 bridgehead atoms. The van der Waals surface area contributed by atoms with E-state index >= 15 is 0 Å². The molecule has 2 aliphatic rings. The molecule has 186 valence electrons. The molecule has 2 aliphatic heterocycles. The lowest BCUT2D eigenvalue weighted by Crippen LogP contribution is -2.53. The van der Waals surface area contributed by atoms with Crippen LogP contribution in [-0.2, 0) is 22.6 Å². The van der Waals surface area contributed by atoms with Gasteiger partial charge in [-0.1, -0.05) is 6.07 Å². The van der Waals surface area contributed by atoms with Crippen molar-refractivity contribution in [3.8, 4) is 6.07 Å². The number of carbonyl (C=O) groups is 1. The number of hydrogen-bond donors (Lipinski definition) is 2. The van der Waals surface area contributed by atoms with E-state index in [1.165, 1.54) is 11.8 Å². The van der Waals surface area contributed by atoms with Crippen molar-refractivity contribution in [2.45, 2.75) is 36.6 Å². The van der Waals surface area contributed by atoms with Crippen LogP contribution in [0.5, 0.6) is 0 Å². The molecule has 1 aromatic carbocycles. The first-order chi connectivity index (χ1) is 17.5. The number of ether oxygens (including phenoxy) is 1. The van der Waals surface area contributed by atoms with Gasteiger partial charge in [0.2, 0.25) is 5.91 Å². The van der Waals surface area contributed by atoms with Crippen LogP contribution in [0, 0.1) is 11.3 Å². The second-order valence-electron chi connectivity index (χ2n) is 9.05. The van der Waals surface area contributed by atoms with Gasteiger partial charge in [-0.2, -0.15) is 5.26 Å². The number of likely N-dealkylation sites (tertiary alicyclic amines) is 1. The summed E-state index contributed by atoms with van der Waals surface area (Å²) in [6.07, 6.45) is 0.903. The lowest BCUT2D eigenvalue weighted by molar-refractivity contribution is -0.113. The Morgan fingerprint density at radius 1 is 1.22 bits per heavy atom. The van der Waals surface area contributed by atoms with E-state index in [0.717, 1.165) is 41.0 Å². The highest BCUT2D eigenvalue weighted by Crippen LogP contribution is 2.29. The van der Waals surface area contributed by atoms with Crippen LogP contribution in [-0.4, -0.2) is 65.0 Å². The molecular formula is C26H28N6O3S. The minimum Gasteiger partial charge on any atom is -0.378 e. The number of piperidine rings is 1. The third kappa shape index (κ3) is 5.29. The lowest BCUT2D eigenvalue weighted by Gasteiger charge is -2.38. The zero-order valence-corrected chi connectivity index (χ0v) is 20.9. The number of pyridine rings is 2. The number of anilines is 1. The second kappa shape index (κ2) is 10.8. The predicted molar refractivity (Wildman–Crippen MR) is 139 cm³/mol. The van der Waals surface area contributed by atoms with Crippen LogP contribution in [0.4, 0.5) is 5.82 Å². The fraction of sp³-hybridized carbons (Fsp3) is 0.385. The topological polar surface area (TPSA) is 112 Å². The highest BCUT2D eigenvalue weighted by atomic mass is 32.2. The van der Waals surface area contributed by atoms with Gasteiger partial charge >= 0.3 is 0 Å². The van der Waals surface area contributed by atoms with Crippen LogP contribution in [0.1, 0.15) is 17.7 Å². The summed E-state index contributed by atoms with van der Waals surface area (Å²) in [4.78, 5) is 32.2. The quantitative estimate of drug-likeness (QED) is 0.504. The van der Waals surface area contributed by atoms with Gasteiger partial charge in [0, 0.05) is 45.4 Å². The Balaban J connectivity index is 1.20. The number of fused-ring (bicyclic) bond motifs is 2. The summed E-state index contributed by atoms with van der Waals surface area (Å²) in [5.41, 5.74) is 2.14. The number of aromatic nitrogens is 2. The van der Waals surface area contributed by atoms with Gasteiger partial charge in [0.25, 0.3) is 5.56 Å². The van der Waals surface area contributed by atoms with Crippen LogP contribution in [0.15, 0.2) is 52.2 Å². The molecule has 2 aromatic heterocycles. The monoisotopic (exact) mass is 504 g/mol. The van der Waals surface area contributed by atoms with Gasteiger partial charge in [-0.3, -0.25) is 14.5 Å². The first kappa shape index (κ1) is 24.5. The molecule has 9 nitrogen and oxygen atoms in total. The van der Waals surface area contributed by atoms with E-state index in [0.29, 0.717) is 36.8 Å². The summed E-state index contributed by atoms with van der Waals surface area (Å²) in [5.74, 6) is 1.04. The summed E-state index contributed by atoms with van der Waals surface area (Å²) in [7, 11) is 1.73. The van der Waals surface area contributed by atoms with Gasteiger partial charge in [0.15, 0.2) is 0 Å². The molecule has 10 heteroatoms. The van der Waals surface area contributed by atoms with Gasteiger partial charge in [0.05, 0.1) is 39.6 Å². The Labute approximate surface area is 213 Å². The zero-order chi connectivity index (χ0) is 25.1. The molecule has 5 rings (SSSR count). The van der Waals surface area contributed by atoms with Crippen LogP contribution in [0.2, 0.25) is 0 Å². The number of methoxy groups -OCH3 is 1. The summed E-state index contributed by atoms with van der Waals surface area (Å²) < 4.78 is 7.56. The number of nitrogens with one attached hydrogen (secondary N) is 2. The second-order valence-corrected chi connectivity index (χ2v) is 10.1. The van der Waals surface area contributed by atoms with E-state index in [4.69, 9.17) is 4.74 Å². The van der Waals surface area contributed by atoms with Crippen molar-refractivity contribution in [1.82, 2.24) is 19.8 Å². The largest absolute Gasteiger partial charge is 0.378 e. The Bertz CT molecular complexity index is 1380. The minimum atomic E-state index is -0.0652. The highest BCUT2D eigenvalue weighted by molar-refractivity contribution is 8.00. The van der Waals surface area contributed by atoms with Crippen LogP contribution < -0.4 is 16.2 Å². The smallest absolute Gasteiger partial charge is 0.251 e. The number of hydrogen-bond acceptors (Lipinski definition) is 8. The van der Waals surface area contributed by atoms with Crippen molar-refractivity contribution in [3.63, 3.8) is 0 Å². The fourth-order valence-corrected chi connectivity index (χ4v) is 5.58. The number of carbonyl (C=O) groups excluding carboxylic acids is 1. The maximum atomic E-state index is 12.6. The number of nitrogens with zero attached hydrogens (tertiary/aromatic N) is 4. The van der Waals surface area contributed by atoms with Crippen LogP contribution in [0.25, 0.3) is 10.9 Å². The van der Waals surface area contributed by atoms with Crippen molar-refractivity contribution >= 4 is 34.4 Å². The SMILES string of the molecule is CO[C@@H]1CN(CCn2c(=O)ccc3ccc(C#N)cc32)CC[C@@H]1NCc1ccc2c(n1)NC(=O)CS2. The third-order valence-corrected chi connectivity index (χ3v) is 7.83. The first-order valence-corrected chi connectivity index (χ1v) is 13.0. The van der Waals surface area contributed by atoms with Crippen molar-refractivity contribution < 1.29 is 9.53 Å². The summed E-state index contributed by atoms with van der Waals surface area (Å²) in [6, 6.07) is 15.2. The molecule has 3 aromatic rings. The van der Waals surface area contributed by atoms with E-state index in [1.807, 2.05) is 18.2 Å². The molecule has 2 N–H and O–H groups in total. The first-order valence-electron chi connectivity index (χ1n) is 12.0. The van der Waals surface area contributed by atoms with Crippen LogP contribution >= 0.6 is 11.8 Å². The number of rotatable bonds is 7. The molecule has 0 radical (unpaired) electrons. The molecule has 36 heavy (non-hydrogen) atoms. The van der Waals surface area contributed by atoms with E-state index in [9.17, 15) is 14.9 Å². The van der Waals surface area contributed by atoms with Gasteiger partial charge in [-0.25, -0.2) is 4.98 Å². The van der Waals surface area contributed by atoms with Crippen LogP contribution in [0.3, 0.4) is 0 Å². The number of nitriles is 1. The predicted octanol–water partition coefficient (Wildman–Crippen LogP) is 2.19.